The van der Waals surface area contributed by atoms with Gasteiger partial charge in [-0.1, -0.05) is 6.07 Å². The molecule has 0 saturated heterocycles. The van der Waals surface area contributed by atoms with E-state index in [2.05, 4.69) is 15.4 Å². The van der Waals surface area contributed by atoms with E-state index in [0.29, 0.717) is 46.3 Å². The first-order chi connectivity index (χ1) is 16.2. The summed E-state index contributed by atoms with van der Waals surface area (Å²) in [4.78, 5) is 25.5. The number of ether oxygens (including phenoxy) is 2. The molecule has 3 aromatic rings. The molecule has 0 saturated carbocycles. The first kappa shape index (κ1) is 25.1. The van der Waals surface area contributed by atoms with Gasteiger partial charge in [-0.2, -0.15) is 0 Å². The molecule has 34 heavy (non-hydrogen) atoms. The van der Waals surface area contributed by atoms with Crippen LogP contribution in [-0.2, 0) is 16.4 Å². The van der Waals surface area contributed by atoms with Crippen molar-refractivity contribution in [3.63, 3.8) is 0 Å². The van der Waals surface area contributed by atoms with E-state index in [1.807, 2.05) is 12.1 Å². The zero-order chi connectivity index (χ0) is 24.7. The summed E-state index contributed by atoms with van der Waals surface area (Å²) in [5, 5.41) is 7.15. The van der Waals surface area contributed by atoms with Crippen molar-refractivity contribution in [3.05, 3.63) is 69.9 Å². The van der Waals surface area contributed by atoms with Crippen molar-refractivity contribution < 1.29 is 27.5 Å². The highest BCUT2D eigenvalue weighted by atomic mass is 32.2. The summed E-state index contributed by atoms with van der Waals surface area (Å²) in [7, 11) is -0.264. The van der Waals surface area contributed by atoms with Crippen LogP contribution in [0.4, 0.5) is 11.4 Å². The van der Waals surface area contributed by atoms with Crippen LogP contribution in [0.1, 0.15) is 25.6 Å². The topological polar surface area (TPSA) is 123 Å². The number of nitrogens with one attached hydrogen (secondary N) is 3. The number of thiophene rings is 1. The van der Waals surface area contributed by atoms with Crippen LogP contribution in [0.3, 0.4) is 0 Å². The quantitative estimate of drug-likeness (QED) is 0.390. The van der Waals surface area contributed by atoms with Gasteiger partial charge in [-0.15, -0.1) is 11.3 Å². The lowest BCUT2D eigenvalue weighted by atomic mass is 10.1. The standard InChI is InChI=1S/C23H25N3O6S2/c1-31-19-7-8-20(32-2)15(11-19)9-10-24-22(27)16-12-21(33-14-16)23(28)25-17-5-4-6-18(13-17)26-34(3,29)30/h4-8,11-14,26H,9-10H2,1-3H3,(H,24,27)(H,25,28). The maximum Gasteiger partial charge on any atom is 0.265 e. The second-order valence-corrected chi connectivity index (χ2v) is 9.95. The Bertz CT molecular complexity index is 1290. The molecule has 3 rings (SSSR count). The van der Waals surface area contributed by atoms with Gasteiger partial charge in [0.25, 0.3) is 11.8 Å². The smallest absolute Gasteiger partial charge is 0.265 e. The number of carbonyl (C=O) groups is 2. The number of amides is 2. The maximum absolute atomic E-state index is 12.6. The average molecular weight is 504 g/mol. The predicted molar refractivity (Wildman–Crippen MR) is 133 cm³/mol. The van der Waals surface area contributed by atoms with E-state index in [-0.39, 0.29) is 5.91 Å². The van der Waals surface area contributed by atoms with E-state index < -0.39 is 15.9 Å². The van der Waals surface area contributed by atoms with Gasteiger partial charge in [0.2, 0.25) is 10.0 Å². The normalized spacial score (nSPS) is 10.9. The van der Waals surface area contributed by atoms with Gasteiger partial charge in [0.1, 0.15) is 11.5 Å². The van der Waals surface area contributed by atoms with E-state index >= 15 is 0 Å². The summed E-state index contributed by atoms with van der Waals surface area (Å²) in [6.45, 7) is 0.375. The lowest BCUT2D eigenvalue weighted by Gasteiger charge is -2.11. The van der Waals surface area contributed by atoms with Crippen LogP contribution < -0.4 is 24.8 Å². The third-order valence-corrected chi connectivity index (χ3v) is 6.21. The Morgan fingerprint density at radius 3 is 2.44 bits per heavy atom. The van der Waals surface area contributed by atoms with Gasteiger partial charge in [0.05, 0.1) is 36.6 Å². The van der Waals surface area contributed by atoms with Gasteiger partial charge >= 0.3 is 0 Å². The van der Waals surface area contributed by atoms with Crippen LogP contribution in [0.2, 0.25) is 0 Å². The number of benzene rings is 2. The first-order valence-corrected chi connectivity index (χ1v) is 12.9. The lowest BCUT2D eigenvalue weighted by molar-refractivity contribution is 0.0954. The Hall–Kier alpha value is -3.57. The molecule has 0 aliphatic rings. The summed E-state index contributed by atoms with van der Waals surface area (Å²) < 4.78 is 35.7. The van der Waals surface area contributed by atoms with Crippen molar-refractivity contribution in [2.24, 2.45) is 0 Å². The van der Waals surface area contributed by atoms with Crippen molar-refractivity contribution in [1.29, 1.82) is 0 Å². The molecule has 0 fully saturated rings. The summed E-state index contributed by atoms with van der Waals surface area (Å²) in [6.07, 6.45) is 1.59. The van der Waals surface area contributed by atoms with Crippen molar-refractivity contribution in [3.8, 4) is 11.5 Å². The Labute approximate surface area is 202 Å². The van der Waals surface area contributed by atoms with E-state index in [1.165, 1.54) is 12.1 Å². The van der Waals surface area contributed by atoms with Crippen LogP contribution in [0.25, 0.3) is 0 Å². The minimum absolute atomic E-state index is 0.295. The lowest BCUT2D eigenvalue weighted by Crippen LogP contribution is -2.25. The minimum atomic E-state index is -3.43. The molecule has 3 N–H and O–H groups in total. The van der Waals surface area contributed by atoms with E-state index in [4.69, 9.17) is 9.47 Å². The van der Waals surface area contributed by atoms with Gasteiger partial charge in [-0.05, 0) is 54.4 Å². The molecule has 0 atom stereocenters. The fourth-order valence-corrected chi connectivity index (χ4v) is 4.47. The van der Waals surface area contributed by atoms with E-state index in [0.717, 1.165) is 23.2 Å². The van der Waals surface area contributed by atoms with Crippen molar-refractivity contribution in [1.82, 2.24) is 5.32 Å². The molecule has 9 nitrogen and oxygen atoms in total. The first-order valence-electron chi connectivity index (χ1n) is 10.2. The Morgan fingerprint density at radius 1 is 0.971 bits per heavy atom. The summed E-state index contributed by atoms with van der Waals surface area (Å²) in [6, 6.07) is 13.3. The van der Waals surface area contributed by atoms with Crippen molar-refractivity contribution in [2.75, 3.05) is 37.1 Å². The molecule has 0 aliphatic carbocycles. The fraction of sp³-hybridized carbons (Fsp3) is 0.217. The Balaban J connectivity index is 1.58. The molecule has 2 aromatic carbocycles. The summed E-state index contributed by atoms with van der Waals surface area (Å²) >= 11 is 1.14. The molecule has 1 heterocycles. The largest absolute Gasteiger partial charge is 0.497 e. The fourth-order valence-electron chi connectivity index (χ4n) is 3.13. The van der Waals surface area contributed by atoms with Gasteiger partial charge in [-0.3, -0.25) is 14.3 Å². The number of hydrogen-bond donors (Lipinski definition) is 3. The van der Waals surface area contributed by atoms with Crippen LogP contribution in [-0.4, -0.2) is 47.3 Å². The number of carbonyl (C=O) groups excluding carboxylic acids is 2. The third-order valence-electron chi connectivity index (χ3n) is 4.68. The number of rotatable bonds is 10. The van der Waals surface area contributed by atoms with Crippen LogP contribution in [0.15, 0.2) is 53.9 Å². The molecule has 11 heteroatoms. The molecular weight excluding hydrogens is 478 g/mol. The van der Waals surface area contributed by atoms with Crippen LogP contribution in [0.5, 0.6) is 11.5 Å². The number of sulfonamides is 1. The SMILES string of the molecule is COc1ccc(OC)c(CCNC(=O)c2csc(C(=O)Nc3cccc(NS(C)(=O)=O)c3)c2)c1. The molecular formula is C23H25N3O6S2. The number of hydrogen-bond acceptors (Lipinski definition) is 7. The zero-order valence-electron chi connectivity index (χ0n) is 18.9. The van der Waals surface area contributed by atoms with Crippen molar-refractivity contribution >= 4 is 44.5 Å². The molecule has 0 bridgehead atoms. The Kier molecular flexibility index (Phi) is 8.13. The number of methoxy groups -OCH3 is 2. The highest BCUT2D eigenvalue weighted by molar-refractivity contribution is 7.92. The second kappa shape index (κ2) is 11.0. The Morgan fingerprint density at radius 2 is 1.74 bits per heavy atom. The molecule has 1 aromatic heterocycles. The van der Waals surface area contributed by atoms with Gasteiger partial charge < -0.3 is 20.1 Å². The molecule has 2 amide bonds. The molecule has 0 unspecified atom stereocenters. The average Bonchev–Trinajstić information content (AvgIpc) is 3.29. The second-order valence-electron chi connectivity index (χ2n) is 7.29. The zero-order valence-corrected chi connectivity index (χ0v) is 20.5. The number of anilines is 2. The molecule has 0 aliphatic heterocycles. The summed E-state index contributed by atoms with van der Waals surface area (Å²) in [5.41, 5.74) is 2.03. The summed E-state index contributed by atoms with van der Waals surface area (Å²) in [5.74, 6) is 0.715. The monoisotopic (exact) mass is 503 g/mol. The highest BCUT2D eigenvalue weighted by Gasteiger charge is 2.15. The predicted octanol–water partition coefficient (Wildman–Crippen LogP) is 3.36. The van der Waals surface area contributed by atoms with E-state index in [9.17, 15) is 18.0 Å². The van der Waals surface area contributed by atoms with Gasteiger partial charge in [-0.25, -0.2) is 8.42 Å². The maximum atomic E-state index is 12.6. The molecule has 180 valence electrons. The van der Waals surface area contributed by atoms with Gasteiger partial charge in [0, 0.05) is 17.6 Å². The van der Waals surface area contributed by atoms with Crippen LogP contribution in [0, 0.1) is 0 Å². The third kappa shape index (κ3) is 6.96. The highest BCUT2D eigenvalue weighted by Crippen LogP contribution is 2.24. The van der Waals surface area contributed by atoms with Crippen LogP contribution >= 0.6 is 11.3 Å². The molecule has 0 radical (unpaired) electrons. The minimum Gasteiger partial charge on any atom is -0.497 e. The van der Waals surface area contributed by atoms with Gasteiger partial charge in [0.15, 0.2) is 0 Å². The van der Waals surface area contributed by atoms with Crippen molar-refractivity contribution in [2.45, 2.75) is 6.42 Å². The molecule has 0 spiro atoms. The van der Waals surface area contributed by atoms with E-state index in [1.54, 1.807) is 43.9 Å².